The van der Waals surface area contributed by atoms with E-state index in [1.807, 2.05) is 25.1 Å². The molecule has 1 N–H and O–H groups in total. The van der Waals surface area contributed by atoms with Crippen LogP contribution in [0, 0.1) is 12.3 Å². The number of hydrogen-bond donors (Lipinski definition) is 1. The van der Waals surface area contributed by atoms with Crippen molar-refractivity contribution in [1.82, 2.24) is 4.98 Å². The fourth-order valence-electron chi connectivity index (χ4n) is 2.17. The van der Waals surface area contributed by atoms with Crippen molar-refractivity contribution in [3.05, 3.63) is 65.8 Å². The summed E-state index contributed by atoms with van der Waals surface area (Å²) in [5, 5.41) is 10.2. The maximum atomic E-state index is 8.39. The molecule has 3 aromatic rings. The van der Waals surface area contributed by atoms with E-state index in [1.165, 1.54) is 11.3 Å². The Morgan fingerprint density at radius 3 is 3.10 bits per heavy atom. The topological polar surface area (TPSA) is 36.7 Å². The maximum absolute atomic E-state index is 8.39. The van der Waals surface area contributed by atoms with Gasteiger partial charge >= 0.3 is 0 Å². The molecule has 0 bridgehead atoms. The van der Waals surface area contributed by atoms with Crippen LogP contribution >= 0.6 is 11.3 Å². The van der Waals surface area contributed by atoms with Crippen LogP contribution in [0.3, 0.4) is 0 Å². The van der Waals surface area contributed by atoms with Gasteiger partial charge < -0.3 is 5.41 Å². The van der Waals surface area contributed by atoms with Gasteiger partial charge in [0.25, 0.3) is 0 Å². The number of thiophene rings is 1. The van der Waals surface area contributed by atoms with Gasteiger partial charge in [-0.3, -0.25) is 0 Å². The molecule has 0 saturated carbocycles. The third kappa shape index (κ3) is 2.52. The van der Waals surface area contributed by atoms with Crippen molar-refractivity contribution >= 4 is 37.4 Å². The predicted molar refractivity (Wildman–Crippen MR) is 92.6 cm³/mol. The van der Waals surface area contributed by atoms with Gasteiger partial charge in [0, 0.05) is 30.8 Å². The minimum atomic E-state index is -2.68. The highest BCUT2D eigenvalue weighted by Crippen LogP contribution is 2.35. The van der Waals surface area contributed by atoms with Gasteiger partial charge in [0.2, 0.25) is 0 Å². The zero-order valence-corrected chi connectivity index (χ0v) is 12.1. The molecule has 3 rings (SSSR count). The zero-order chi connectivity index (χ0) is 19.9. The Balaban J connectivity index is 2.19. The summed E-state index contributed by atoms with van der Waals surface area (Å²) in [6.45, 7) is -0.228. The molecule has 0 aliphatic heterocycles. The van der Waals surface area contributed by atoms with E-state index in [4.69, 9.17) is 13.6 Å². The Kier molecular flexibility index (Phi) is 2.07. The molecular formula is C18H16N2S. The van der Waals surface area contributed by atoms with E-state index in [2.05, 4.69) is 4.98 Å². The van der Waals surface area contributed by atoms with Gasteiger partial charge in [0.05, 0.1) is 9.82 Å². The van der Waals surface area contributed by atoms with Crippen LogP contribution in [0.25, 0.3) is 20.3 Å². The normalized spacial score (nSPS) is 18.2. The highest BCUT2D eigenvalue weighted by Gasteiger charge is 2.11. The van der Waals surface area contributed by atoms with Crippen LogP contribution in [0.1, 0.15) is 26.3 Å². The zero-order valence-electron chi connectivity index (χ0n) is 17.3. The average molecular weight is 298 g/mol. The lowest BCUT2D eigenvalue weighted by Crippen LogP contribution is -1.94. The summed E-state index contributed by atoms with van der Waals surface area (Å²) in [7, 11) is 0. The second kappa shape index (κ2) is 5.26. The Morgan fingerprint density at radius 2 is 2.29 bits per heavy atom. The molecule has 3 heteroatoms. The molecule has 0 fully saturated rings. The summed E-state index contributed by atoms with van der Waals surface area (Å²) in [6, 6.07) is 8.06. The molecule has 1 aromatic carbocycles. The van der Waals surface area contributed by atoms with Gasteiger partial charge in [-0.1, -0.05) is 36.4 Å². The van der Waals surface area contributed by atoms with Gasteiger partial charge in [-0.15, -0.1) is 11.3 Å². The average Bonchev–Trinajstić information content (AvgIpc) is 2.97. The molecule has 2 heterocycles. The lowest BCUT2D eigenvalue weighted by molar-refractivity contribution is 1.27. The van der Waals surface area contributed by atoms with Crippen molar-refractivity contribution in [1.29, 1.82) is 5.41 Å². The molecule has 2 aromatic heterocycles. The maximum Gasteiger partial charge on any atom is 0.124 e. The van der Waals surface area contributed by atoms with Crippen LogP contribution in [0.5, 0.6) is 0 Å². The van der Waals surface area contributed by atoms with Crippen LogP contribution in [-0.4, -0.2) is 10.7 Å². The molecule has 0 radical (unpaired) electrons. The molecule has 104 valence electrons. The first-order valence-corrected chi connectivity index (χ1v) is 7.12. The molecule has 0 aliphatic carbocycles. The number of allylic oxidation sites excluding steroid dienone is 3. The van der Waals surface area contributed by atoms with E-state index >= 15 is 0 Å². The SMILES string of the molecule is [2H]C=C(/C([2H])=C(/[2H])C(=N)c1cccc2c1sc1nc(C)ccc12)C([2H])([2H])[2H]. The molecule has 21 heavy (non-hydrogen) atoms. The Hall–Kier alpha value is -2.26. The number of pyridine rings is 1. The standard InChI is InChI=1S/C18H16N2S/c1-11(2)7-10-16(19)15-6-4-5-13-14-9-8-12(3)20-18(14)21-17(13)15/h4-10,19H,1H2,2-3H3/b10-7-,19-16?/i1D,2D3,7D,10D/b10-7-,11-1?,19-16?. The lowest BCUT2D eigenvalue weighted by atomic mass is 10.1. The van der Waals surface area contributed by atoms with Crippen LogP contribution in [-0.2, 0) is 0 Å². The Labute approximate surface area is 136 Å². The van der Waals surface area contributed by atoms with Crippen molar-refractivity contribution in [2.24, 2.45) is 0 Å². The summed E-state index contributed by atoms with van der Waals surface area (Å²) >= 11 is 1.40. The van der Waals surface area contributed by atoms with Crippen LogP contribution in [0.15, 0.2) is 54.6 Å². The van der Waals surface area contributed by atoms with Crippen molar-refractivity contribution < 1.29 is 8.22 Å². The highest BCUT2D eigenvalue weighted by molar-refractivity contribution is 7.25. The summed E-state index contributed by atoms with van der Waals surface area (Å²) in [5.74, 6) is 0. The molecule has 0 saturated heterocycles. The van der Waals surface area contributed by atoms with Crippen LogP contribution in [0.2, 0.25) is 0 Å². The first kappa shape index (κ1) is 8.25. The van der Waals surface area contributed by atoms with Crippen molar-refractivity contribution in [3.8, 4) is 0 Å². The van der Waals surface area contributed by atoms with Crippen molar-refractivity contribution in [2.45, 2.75) is 13.8 Å². The number of rotatable bonds is 3. The van der Waals surface area contributed by atoms with E-state index in [9.17, 15) is 0 Å². The summed E-state index contributed by atoms with van der Waals surface area (Å²) in [4.78, 5) is 5.33. The smallest absolute Gasteiger partial charge is 0.124 e. The molecule has 0 spiro atoms. The number of nitrogens with zero attached hydrogens (tertiary/aromatic N) is 1. The summed E-state index contributed by atoms with van der Waals surface area (Å²) < 4.78 is 46.4. The van der Waals surface area contributed by atoms with Crippen LogP contribution in [0.4, 0.5) is 0 Å². The third-order valence-corrected chi connectivity index (χ3v) is 4.24. The second-order valence-corrected chi connectivity index (χ2v) is 5.63. The monoisotopic (exact) mass is 298 g/mol. The van der Waals surface area contributed by atoms with Gasteiger partial charge in [0.1, 0.15) is 4.83 Å². The Morgan fingerprint density at radius 1 is 1.38 bits per heavy atom. The number of hydrogen-bond acceptors (Lipinski definition) is 3. The summed E-state index contributed by atoms with van der Waals surface area (Å²) in [6.07, 6.45) is 0. The molecule has 0 amide bonds. The van der Waals surface area contributed by atoms with E-state index in [0.29, 0.717) is 12.1 Å². The number of fused-ring (bicyclic) bond motifs is 3. The minimum absolute atomic E-state index is 0.252. The van der Waals surface area contributed by atoms with E-state index in [0.717, 1.165) is 26.0 Å². The fraction of sp³-hybridized carbons (Fsp3) is 0.111. The van der Waals surface area contributed by atoms with Gasteiger partial charge in [-0.2, -0.15) is 0 Å². The molecule has 0 unspecified atom stereocenters. The molecule has 0 aliphatic rings. The molecular weight excluding hydrogens is 276 g/mol. The molecule has 0 atom stereocenters. The first-order chi connectivity index (χ1) is 12.6. The van der Waals surface area contributed by atoms with E-state index < -0.39 is 24.5 Å². The van der Waals surface area contributed by atoms with Crippen molar-refractivity contribution in [3.63, 3.8) is 0 Å². The largest absolute Gasteiger partial charge is 0.300 e. The number of aromatic nitrogens is 1. The lowest BCUT2D eigenvalue weighted by Gasteiger charge is -2.01. The minimum Gasteiger partial charge on any atom is -0.300 e. The van der Waals surface area contributed by atoms with Gasteiger partial charge in [-0.25, -0.2) is 4.98 Å². The number of benzene rings is 1. The van der Waals surface area contributed by atoms with Gasteiger partial charge in [-0.05, 0) is 32.0 Å². The summed E-state index contributed by atoms with van der Waals surface area (Å²) in [5.41, 5.74) is 0.511. The highest BCUT2D eigenvalue weighted by atomic mass is 32.1. The Bertz CT molecular complexity index is 1120. The van der Waals surface area contributed by atoms with Crippen LogP contribution < -0.4 is 0 Å². The first-order valence-electron chi connectivity index (χ1n) is 9.38. The van der Waals surface area contributed by atoms with E-state index in [1.54, 1.807) is 12.1 Å². The predicted octanol–water partition coefficient (Wildman–Crippen LogP) is 5.26. The van der Waals surface area contributed by atoms with Gasteiger partial charge in [0.15, 0.2) is 0 Å². The fourth-order valence-corrected chi connectivity index (χ4v) is 3.40. The van der Waals surface area contributed by atoms with E-state index in [-0.39, 0.29) is 5.71 Å². The second-order valence-electron chi connectivity index (χ2n) is 4.63. The number of aryl methyl sites for hydroxylation is 1. The quantitative estimate of drug-likeness (QED) is 0.520. The molecule has 2 nitrogen and oxygen atoms in total. The van der Waals surface area contributed by atoms with Crippen molar-refractivity contribution in [2.75, 3.05) is 0 Å². The third-order valence-electron chi connectivity index (χ3n) is 3.09. The number of nitrogens with one attached hydrogen (secondary N) is 1.